The Morgan fingerprint density at radius 1 is 1.07 bits per heavy atom. The number of para-hydroxylation sites is 1. The lowest BCUT2D eigenvalue weighted by atomic mass is 9.98. The third-order valence-corrected chi connectivity index (χ3v) is 5.58. The van der Waals surface area contributed by atoms with Crippen LogP contribution in [-0.2, 0) is 4.79 Å². The van der Waals surface area contributed by atoms with Crippen molar-refractivity contribution in [2.24, 2.45) is 0 Å². The molecule has 2 amide bonds. The Hall–Kier alpha value is -2.34. The van der Waals surface area contributed by atoms with Crippen LogP contribution in [-0.4, -0.2) is 17.9 Å². The molecule has 2 atom stereocenters. The summed E-state index contributed by atoms with van der Waals surface area (Å²) in [6.07, 6.45) is 0.758. The number of nitrogens with one attached hydrogen (secondary N) is 2. The van der Waals surface area contributed by atoms with E-state index in [-0.39, 0.29) is 11.8 Å². The van der Waals surface area contributed by atoms with Gasteiger partial charge in [0.05, 0.1) is 0 Å². The van der Waals surface area contributed by atoms with Crippen LogP contribution in [0, 0.1) is 6.92 Å². The van der Waals surface area contributed by atoms with E-state index in [1.165, 1.54) is 0 Å². The van der Waals surface area contributed by atoms with Crippen LogP contribution < -0.4 is 15.6 Å². The maximum atomic E-state index is 12.5. The van der Waals surface area contributed by atoms with Crippen LogP contribution in [0.15, 0.2) is 46.9 Å². The van der Waals surface area contributed by atoms with Crippen molar-refractivity contribution in [3.8, 4) is 5.75 Å². The highest BCUT2D eigenvalue weighted by atomic mass is 79.9. The Labute approximate surface area is 175 Å². The first-order valence-electron chi connectivity index (χ1n) is 9.49. The van der Waals surface area contributed by atoms with Gasteiger partial charge in [0.2, 0.25) is 0 Å². The molecule has 0 aliphatic heterocycles. The zero-order chi connectivity index (χ0) is 20.7. The number of rotatable bonds is 7. The number of halogens is 1. The molecule has 150 valence electrons. The molecule has 0 spiro atoms. The number of aryl methyl sites for hydroxylation is 1. The third kappa shape index (κ3) is 5.58. The van der Waals surface area contributed by atoms with E-state index in [0.717, 1.165) is 22.0 Å². The molecule has 2 unspecified atom stereocenters. The maximum Gasteiger partial charge on any atom is 0.279 e. The average Bonchev–Trinajstić information content (AvgIpc) is 2.71. The van der Waals surface area contributed by atoms with Gasteiger partial charge in [-0.3, -0.25) is 20.4 Å². The summed E-state index contributed by atoms with van der Waals surface area (Å²) in [5.41, 5.74) is 7.48. The van der Waals surface area contributed by atoms with Gasteiger partial charge in [-0.05, 0) is 55.0 Å². The molecule has 28 heavy (non-hydrogen) atoms. The minimum absolute atomic E-state index is 0.330. The van der Waals surface area contributed by atoms with Crippen LogP contribution >= 0.6 is 15.9 Å². The topological polar surface area (TPSA) is 67.4 Å². The summed E-state index contributed by atoms with van der Waals surface area (Å²) in [4.78, 5) is 24.8. The minimum Gasteiger partial charge on any atom is -0.480 e. The van der Waals surface area contributed by atoms with Crippen molar-refractivity contribution < 1.29 is 14.3 Å². The van der Waals surface area contributed by atoms with Crippen LogP contribution in [0.25, 0.3) is 0 Å². The van der Waals surface area contributed by atoms with E-state index in [4.69, 9.17) is 4.74 Å². The van der Waals surface area contributed by atoms with Gasteiger partial charge in [-0.15, -0.1) is 0 Å². The molecule has 0 fully saturated rings. The van der Waals surface area contributed by atoms with Crippen LogP contribution in [0.1, 0.15) is 61.0 Å². The first kappa shape index (κ1) is 22.0. The molecule has 2 rings (SSSR count). The second-order valence-corrected chi connectivity index (χ2v) is 7.62. The summed E-state index contributed by atoms with van der Waals surface area (Å²) in [5, 5.41) is 0. The molecule has 5 nitrogen and oxygen atoms in total. The van der Waals surface area contributed by atoms with E-state index in [1.54, 1.807) is 12.1 Å². The van der Waals surface area contributed by atoms with Gasteiger partial charge in [0.15, 0.2) is 6.10 Å². The van der Waals surface area contributed by atoms with Gasteiger partial charge in [0.1, 0.15) is 5.75 Å². The fourth-order valence-electron chi connectivity index (χ4n) is 2.70. The Morgan fingerprint density at radius 3 is 2.43 bits per heavy atom. The number of carbonyl (C=O) groups is 2. The molecule has 0 bridgehead atoms. The minimum atomic E-state index is -0.699. The smallest absolute Gasteiger partial charge is 0.279 e. The number of carbonyl (C=O) groups excluding carboxylic acids is 2. The van der Waals surface area contributed by atoms with Crippen molar-refractivity contribution in [1.29, 1.82) is 0 Å². The van der Waals surface area contributed by atoms with Crippen LogP contribution in [0.4, 0.5) is 0 Å². The van der Waals surface area contributed by atoms with Gasteiger partial charge in [-0.1, -0.05) is 61.0 Å². The van der Waals surface area contributed by atoms with Gasteiger partial charge in [-0.2, -0.15) is 0 Å². The number of hydrogen-bond donors (Lipinski definition) is 2. The molecule has 2 N–H and O–H groups in total. The van der Waals surface area contributed by atoms with Crippen LogP contribution in [0.5, 0.6) is 5.75 Å². The van der Waals surface area contributed by atoms with Gasteiger partial charge >= 0.3 is 0 Å². The summed E-state index contributed by atoms with van der Waals surface area (Å²) < 4.78 is 6.82. The molecule has 0 heterocycles. The summed E-state index contributed by atoms with van der Waals surface area (Å²) >= 11 is 3.40. The van der Waals surface area contributed by atoms with Crippen molar-refractivity contribution in [3.05, 3.63) is 63.6 Å². The highest BCUT2D eigenvalue weighted by Gasteiger charge is 2.21. The maximum absolute atomic E-state index is 12.5. The van der Waals surface area contributed by atoms with E-state index in [0.29, 0.717) is 23.7 Å². The Balaban J connectivity index is 2.02. The lowest BCUT2D eigenvalue weighted by Gasteiger charge is -2.21. The Kier molecular flexibility index (Phi) is 8.05. The SMILES string of the molecule is CCC(Oc1ccccc1C(C)CC)C(=O)NNC(=O)c1ccc(C)c(Br)c1. The number of benzene rings is 2. The summed E-state index contributed by atoms with van der Waals surface area (Å²) in [6, 6.07) is 13.0. The molecule has 2 aromatic rings. The first-order chi connectivity index (χ1) is 13.4. The third-order valence-electron chi connectivity index (χ3n) is 4.73. The number of hydrazine groups is 1. The van der Waals surface area contributed by atoms with E-state index < -0.39 is 6.10 Å². The van der Waals surface area contributed by atoms with Crippen LogP contribution in [0.3, 0.4) is 0 Å². The van der Waals surface area contributed by atoms with Gasteiger partial charge in [0, 0.05) is 10.0 Å². The normalized spacial score (nSPS) is 12.8. The van der Waals surface area contributed by atoms with Crippen LogP contribution in [0.2, 0.25) is 0 Å². The van der Waals surface area contributed by atoms with E-state index in [9.17, 15) is 9.59 Å². The summed E-state index contributed by atoms with van der Waals surface area (Å²) in [7, 11) is 0. The molecule has 0 aromatic heterocycles. The molecule has 0 saturated heterocycles. The fourth-order valence-corrected chi connectivity index (χ4v) is 3.07. The lowest BCUT2D eigenvalue weighted by Crippen LogP contribution is -2.48. The molecule has 0 aliphatic rings. The summed E-state index contributed by atoms with van der Waals surface area (Å²) in [6.45, 7) is 8.05. The molecular formula is C22H27BrN2O3. The quantitative estimate of drug-likeness (QED) is 0.594. The highest BCUT2D eigenvalue weighted by Crippen LogP contribution is 2.29. The average molecular weight is 447 g/mol. The Morgan fingerprint density at radius 2 is 1.79 bits per heavy atom. The standard InChI is InChI=1S/C22H27BrN2O3/c1-5-14(3)17-9-7-8-10-20(17)28-19(6-2)22(27)25-24-21(26)16-12-11-15(4)18(23)13-16/h7-14,19H,5-6H2,1-4H3,(H,24,26)(H,25,27). The zero-order valence-electron chi connectivity index (χ0n) is 16.7. The van der Waals surface area contributed by atoms with Crippen molar-refractivity contribution in [1.82, 2.24) is 10.9 Å². The lowest BCUT2D eigenvalue weighted by molar-refractivity contribution is -0.128. The first-order valence-corrected chi connectivity index (χ1v) is 10.3. The molecule has 0 saturated carbocycles. The van der Waals surface area contributed by atoms with Gasteiger partial charge in [-0.25, -0.2) is 0 Å². The largest absolute Gasteiger partial charge is 0.480 e. The molecule has 0 radical (unpaired) electrons. The number of hydrogen-bond acceptors (Lipinski definition) is 3. The Bertz CT molecular complexity index is 838. The zero-order valence-corrected chi connectivity index (χ0v) is 18.3. The molecule has 6 heteroatoms. The molecule has 2 aromatic carbocycles. The van der Waals surface area contributed by atoms with E-state index in [1.807, 2.05) is 44.2 Å². The van der Waals surface area contributed by atoms with Crippen molar-refractivity contribution in [2.75, 3.05) is 0 Å². The predicted molar refractivity (Wildman–Crippen MR) is 114 cm³/mol. The predicted octanol–water partition coefficient (Wildman–Crippen LogP) is 4.89. The number of ether oxygens (including phenoxy) is 1. The summed E-state index contributed by atoms with van der Waals surface area (Å²) in [5.74, 6) is 0.258. The van der Waals surface area contributed by atoms with E-state index >= 15 is 0 Å². The van der Waals surface area contributed by atoms with Crippen molar-refractivity contribution in [2.45, 2.75) is 52.6 Å². The second kappa shape index (κ2) is 10.3. The number of amides is 2. The molecule has 0 aliphatic carbocycles. The highest BCUT2D eigenvalue weighted by molar-refractivity contribution is 9.10. The van der Waals surface area contributed by atoms with Crippen molar-refractivity contribution in [3.63, 3.8) is 0 Å². The van der Waals surface area contributed by atoms with Gasteiger partial charge < -0.3 is 4.74 Å². The monoisotopic (exact) mass is 446 g/mol. The second-order valence-electron chi connectivity index (χ2n) is 6.77. The molecular weight excluding hydrogens is 420 g/mol. The van der Waals surface area contributed by atoms with Crippen molar-refractivity contribution >= 4 is 27.7 Å². The fraction of sp³-hybridized carbons (Fsp3) is 0.364. The van der Waals surface area contributed by atoms with E-state index in [2.05, 4.69) is 40.6 Å². The van der Waals surface area contributed by atoms with Gasteiger partial charge in [0.25, 0.3) is 11.8 Å².